The van der Waals surface area contributed by atoms with E-state index < -0.39 is 0 Å². The Kier molecular flexibility index (Phi) is 3.35. The van der Waals surface area contributed by atoms with Gasteiger partial charge in [-0.25, -0.2) is 9.78 Å². The molecule has 1 aliphatic rings. The van der Waals surface area contributed by atoms with Crippen LogP contribution in [0.15, 0.2) is 29.0 Å². The van der Waals surface area contributed by atoms with Gasteiger partial charge >= 0.3 is 6.03 Å². The molecule has 2 N–H and O–H groups in total. The third-order valence-electron chi connectivity index (χ3n) is 3.53. The van der Waals surface area contributed by atoms with E-state index >= 15 is 0 Å². The quantitative estimate of drug-likeness (QED) is 0.869. The van der Waals surface area contributed by atoms with Crippen LogP contribution in [0.1, 0.15) is 32.1 Å². The van der Waals surface area contributed by atoms with Gasteiger partial charge in [0.2, 0.25) is 0 Å². The molecule has 5 heteroatoms. The molecule has 2 amide bonds. The van der Waals surface area contributed by atoms with E-state index in [1.165, 1.54) is 25.7 Å². The van der Waals surface area contributed by atoms with Crippen LogP contribution < -0.4 is 10.6 Å². The smallest absolute Gasteiger partial charge is 0.319 e. The number of urea groups is 1. The minimum atomic E-state index is -0.147. The molecule has 1 saturated carbocycles. The first-order chi connectivity index (χ1) is 9.31. The second-order valence-electron chi connectivity index (χ2n) is 4.97. The molecule has 0 aliphatic heterocycles. The van der Waals surface area contributed by atoms with Crippen molar-refractivity contribution in [2.75, 3.05) is 5.32 Å². The van der Waals surface area contributed by atoms with Crippen molar-refractivity contribution >= 4 is 22.8 Å². The van der Waals surface area contributed by atoms with Gasteiger partial charge in [0.1, 0.15) is 5.52 Å². The van der Waals surface area contributed by atoms with E-state index in [-0.39, 0.29) is 6.03 Å². The zero-order chi connectivity index (χ0) is 13.1. The Morgan fingerprint density at radius 2 is 2.11 bits per heavy atom. The van der Waals surface area contributed by atoms with Crippen LogP contribution in [0.3, 0.4) is 0 Å². The molecule has 3 rings (SSSR count). The maximum absolute atomic E-state index is 11.9. The van der Waals surface area contributed by atoms with Crippen molar-refractivity contribution < 1.29 is 9.21 Å². The van der Waals surface area contributed by atoms with Crippen LogP contribution >= 0.6 is 0 Å². The molecule has 0 unspecified atom stereocenters. The summed E-state index contributed by atoms with van der Waals surface area (Å²) in [5.74, 6) is 0. The zero-order valence-corrected chi connectivity index (χ0v) is 10.7. The number of oxazole rings is 1. The number of carbonyl (C=O) groups excluding carboxylic acids is 1. The SMILES string of the molecule is O=C(Nc1ccc2ncoc2c1)NC1CCCCC1. The van der Waals surface area contributed by atoms with Crippen LogP contribution in [0.2, 0.25) is 0 Å². The second-order valence-corrected chi connectivity index (χ2v) is 4.97. The average molecular weight is 259 g/mol. The first-order valence-corrected chi connectivity index (χ1v) is 6.72. The van der Waals surface area contributed by atoms with E-state index in [4.69, 9.17) is 4.42 Å². The number of nitrogens with zero attached hydrogens (tertiary/aromatic N) is 1. The number of carbonyl (C=O) groups is 1. The molecule has 0 spiro atoms. The van der Waals surface area contributed by atoms with Gasteiger partial charge in [0.05, 0.1) is 0 Å². The highest BCUT2D eigenvalue weighted by Gasteiger charge is 2.15. The Bertz CT molecular complexity index is 573. The largest absolute Gasteiger partial charge is 0.443 e. The number of benzene rings is 1. The predicted octanol–water partition coefficient (Wildman–Crippen LogP) is 3.28. The number of fused-ring (bicyclic) bond motifs is 1. The van der Waals surface area contributed by atoms with Gasteiger partial charge in [-0.05, 0) is 25.0 Å². The maximum Gasteiger partial charge on any atom is 0.319 e. The van der Waals surface area contributed by atoms with Crippen molar-refractivity contribution in [1.82, 2.24) is 10.3 Å². The molecule has 5 nitrogen and oxygen atoms in total. The molecule has 0 bridgehead atoms. The zero-order valence-electron chi connectivity index (χ0n) is 10.7. The molecule has 0 atom stereocenters. The molecule has 0 radical (unpaired) electrons. The lowest BCUT2D eigenvalue weighted by atomic mass is 9.96. The highest BCUT2D eigenvalue weighted by Crippen LogP contribution is 2.19. The number of hydrogen-bond acceptors (Lipinski definition) is 3. The summed E-state index contributed by atoms with van der Waals surface area (Å²) < 4.78 is 5.21. The van der Waals surface area contributed by atoms with Crippen molar-refractivity contribution in [1.29, 1.82) is 0 Å². The first kappa shape index (κ1) is 12.0. The van der Waals surface area contributed by atoms with Crippen molar-refractivity contribution in [2.45, 2.75) is 38.1 Å². The summed E-state index contributed by atoms with van der Waals surface area (Å²) >= 11 is 0. The topological polar surface area (TPSA) is 67.2 Å². The first-order valence-electron chi connectivity index (χ1n) is 6.72. The van der Waals surface area contributed by atoms with E-state index in [9.17, 15) is 4.79 Å². The summed E-state index contributed by atoms with van der Waals surface area (Å²) in [5, 5.41) is 5.85. The Morgan fingerprint density at radius 3 is 2.95 bits per heavy atom. The van der Waals surface area contributed by atoms with Crippen LogP contribution in [0.25, 0.3) is 11.1 Å². The Hall–Kier alpha value is -2.04. The van der Waals surface area contributed by atoms with Gasteiger partial charge in [-0.15, -0.1) is 0 Å². The number of nitrogens with one attached hydrogen (secondary N) is 2. The van der Waals surface area contributed by atoms with Gasteiger partial charge in [-0.3, -0.25) is 0 Å². The maximum atomic E-state index is 11.9. The van der Waals surface area contributed by atoms with E-state index in [1.54, 1.807) is 6.07 Å². The monoisotopic (exact) mass is 259 g/mol. The van der Waals surface area contributed by atoms with Gasteiger partial charge in [0.15, 0.2) is 12.0 Å². The second kappa shape index (κ2) is 5.30. The molecular weight excluding hydrogens is 242 g/mol. The Balaban J connectivity index is 1.61. The van der Waals surface area contributed by atoms with Crippen LogP contribution in [0.4, 0.5) is 10.5 Å². The Morgan fingerprint density at radius 1 is 1.26 bits per heavy atom. The van der Waals surface area contributed by atoms with E-state index in [2.05, 4.69) is 15.6 Å². The van der Waals surface area contributed by atoms with E-state index in [1.807, 2.05) is 12.1 Å². The molecular formula is C14H17N3O2. The van der Waals surface area contributed by atoms with Crippen molar-refractivity contribution in [3.05, 3.63) is 24.6 Å². The average Bonchev–Trinajstić information content (AvgIpc) is 2.87. The van der Waals surface area contributed by atoms with E-state index in [0.717, 1.165) is 24.0 Å². The molecule has 1 fully saturated rings. The summed E-state index contributed by atoms with van der Waals surface area (Å²) in [5.41, 5.74) is 2.19. The number of rotatable bonds is 2. The number of anilines is 1. The highest BCUT2D eigenvalue weighted by atomic mass is 16.3. The molecule has 100 valence electrons. The molecule has 1 heterocycles. The summed E-state index contributed by atoms with van der Waals surface area (Å²) in [6.45, 7) is 0. The number of aromatic nitrogens is 1. The third kappa shape index (κ3) is 2.86. The predicted molar refractivity (Wildman–Crippen MR) is 73.0 cm³/mol. The Labute approximate surface area is 111 Å². The molecule has 1 aromatic heterocycles. The van der Waals surface area contributed by atoms with Gasteiger partial charge in [-0.2, -0.15) is 0 Å². The van der Waals surface area contributed by atoms with Crippen molar-refractivity contribution in [2.24, 2.45) is 0 Å². The van der Waals surface area contributed by atoms with Crippen molar-refractivity contribution in [3.8, 4) is 0 Å². The summed E-state index contributed by atoms with van der Waals surface area (Å²) in [6, 6.07) is 5.59. The van der Waals surface area contributed by atoms with Crippen LogP contribution in [-0.2, 0) is 0 Å². The van der Waals surface area contributed by atoms with Gasteiger partial charge in [0.25, 0.3) is 0 Å². The summed E-state index contributed by atoms with van der Waals surface area (Å²) in [6.07, 6.45) is 7.24. The normalized spacial score (nSPS) is 16.4. The molecule has 2 aromatic rings. The fourth-order valence-electron chi connectivity index (χ4n) is 2.53. The van der Waals surface area contributed by atoms with Gasteiger partial charge < -0.3 is 15.1 Å². The van der Waals surface area contributed by atoms with Gasteiger partial charge in [0, 0.05) is 17.8 Å². The van der Waals surface area contributed by atoms with Crippen LogP contribution in [0.5, 0.6) is 0 Å². The minimum Gasteiger partial charge on any atom is -0.443 e. The molecule has 1 aromatic carbocycles. The molecule has 19 heavy (non-hydrogen) atoms. The molecule has 0 saturated heterocycles. The third-order valence-corrected chi connectivity index (χ3v) is 3.53. The lowest BCUT2D eigenvalue weighted by Crippen LogP contribution is -2.38. The minimum absolute atomic E-state index is 0.147. The standard InChI is InChI=1S/C14H17N3O2/c18-14(16-10-4-2-1-3-5-10)17-11-6-7-12-13(8-11)19-9-15-12/h6-10H,1-5H2,(H2,16,17,18). The fourth-order valence-corrected chi connectivity index (χ4v) is 2.53. The number of amides is 2. The van der Waals surface area contributed by atoms with Crippen molar-refractivity contribution in [3.63, 3.8) is 0 Å². The van der Waals surface area contributed by atoms with E-state index in [0.29, 0.717) is 11.6 Å². The number of hydrogen-bond donors (Lipinski definition) is 2. The lowest BCUT2D eigenvalue weighted by molar-refractivity contribution is 0.244. The van der Waals surface area contributed by atoms with Gasteiger partial charge in [-0.1, -0.05) is 19.3 Å². The lowest BCUT2D eigenvalue weighted by Gasteiger charge is -2.22. The summed E-state index contributed by atoms with van der Waals surface area (Å²) in [4.78, 5) is 15.9. The van der Waals surface area contributed by atoms with Crippen LogP contribution in [-0.4, -0.2) is 17.1 Å². The molecule has 1 aliphatic carbocycles. The summed E-state index contributed by atoms with van der Waals surface area (Å²) in [7, 11) is 0. The highest BCUT2D eigenvalue weighted by molar-refractivity contribution is 5.91. The van der Waals surface area contributed by atoms with Crippen LogP contribution in [0, 0.1) is 0 Å². The fraction of sp³-hybridized carbons (Fsp3) is 0.429.